The molecular formula is C15H24N2OS. The van der Waals surface area contributed by atoms with Crippen LogP contribution in [-0.2, 0) is 4.79 Å². The maximum Gasteiger partial charge on any atom is 0.234 e. The van der Waals surface area contributed by atoms with Crippen LogP contribution in [0.25, 0.3) is 0 Å². The lowest BCUT2D eigenvalue weighted by atomic mass is 10.1. The molecule has 0 radical (unpaired) electrons. The van der Waals surface area contributed by atoms with Crippen molar-refractivity contribution in [3.8, 4) is 0 Å². The van der Waals surface area contributed by atoms with Crippen molar-refractivity contribution >= 4 is 17.2 Å². The first kappa shape index (κ1) is 14.5. The molecule has 1 unspecified atom stereocenters. The van der Waals surface area contributed by atoms with Crippen LogP contribution in [0.1, 0.15) is 56.4 Å². The highest BCUT2D eigenvalue weighted by Crippen LogP contribution is 2.23. The fourth-order valence-electron chi connectivity index (χ4n) is 2.68. The first-order chi connectivity index (χ1) is 9.29. The van der Waals surface area contributed by atoms with Crippen LogP contribution >= 0.6 is 11.3 Å². The van der Waals surface area contributed by atoms with Crippen molar-refractivity contribution in [1.29, 1.82) is 0 Å². The molecule has 2 N–H and O–H groups in total. The van der Waals surface area contributed by atoms with E-state index in [9.17, 15) is 4.79 Å². The van der Waals surface area contributed by atoms with Gasteiger partial charge in [0.25, 0.3) is 0 Å². The molecule has 1 amide bonds. The molecule has 1 aliphatic carbocycles. The van der Waals surface area contributed by atoms with Gasteiger partial charge in [-0.05, 0) is 30.7 Å². The van der Waals surface area contributed by atoms with Gasteiger partial charge in [-0.15, -0.1) is 11.3 Å². The normalized spacial score (nSPS) is 17.5. The molecule has 4 heteroatoms. The quantitative estimate of drug-likeness (QED) is 0.805. The summed E-state index contributed by atoms with van der Waals surface area (Å²) in [5.74, 6) is 0.124. The van der Waals surface area contributed by atoms with E-state index in [1.807, 2.05) is 6.07 Å². The van der Waals surface area contributed by atoms with Crippen molar-refractivity contribution in [1.82, 2.24) is 10.6 Å². The van der Waals surface area contributed by atoms with Gasteiger partial charge in [0.1, 0.15) is 0 Å². The van der Waals surface area contributed by atoms with Gasteiger partial charge in [-0.2, -0.15) is 0 Å². The van der Waals surface area contributed by atoms with Crippen molar-refractivity contribution in [2.45, 2.75) is 57.5 Å². The van der Waals surface area contributed by atoms with Gasteiger partial charge in [0.05, 0.1) is 12.6 Å². The maximum atomic E-state index is 12.0. The molecule has 1 fully saturated rings. The number of amides is 1. The van der Waals surface area contributed by atoms with E-state index in [0.717, 1.165) is 12.8 Å². The summed E-state index contributed by atoms with van der Waals surface area (Å²) in [6.07, 6.45) is 7.13. The van der Waals surface area contributed by atoms with Crippen LogP contribution in [0.15, 0.2) is 17.5 Å². The summed E-state index contributed by atoms with van der Waals surface area (Å²) in [6, 6.07) is 4.89. The van der Waals surface area contributed by atoms with Crippen molar-refractivity contribution in [2.75, 3.05) is 6.54 Å². The summed E-state index contributed by atoms with van der Waals surface area (Å²) in [6.45, 7) is 2.61. The lowest BCUT2D eigenvalue weighted by Gasteiger charge is -2.18. The summed E-state index contributed by atoms with van der Waals surface area (Å²) < 4.78 is 0. The fraction of sp³-hybridized carbons (Fsp3) is 0.667. The third-order valence-electron chi connectivity index (χ3n) is 3.71. The molecule has 0 saturated heterocycles. The highest BCUT2D eigenvalue weighted by atomic mass is 32.1. The zero-order chi connectivity index (χ0) is 13.5. The molecule has 1 aliphatic rings. The summed E-state index contributed by atoms with van der Waals surface area (Å²) >= 11 is 1.72. The van der Waals surface area contributed by atoms with Crippen molar-refractivity contribution in [2.24, 2.45) is 0 Å². The Bertz CT molecular complexity index is 372. The van der Waals surface area contributed by atoms with E-state index in [4.69, 9.17) is 0 Å². The SMILES string of the molecule is CCCC(NC(=O)CNC1CCCC1)c1cccs1. The Morgan fingerprint density at radius 1 is 1.47 bits per heavy atom. The molecule has 106 valence electrons. The zero-order valence-corrected chi connectivity index (χ0v) is 12.5. The number of carbonyl (C=O) groups is 1. The Kier molecular flexibility index (Phi) is 5.86. The fourth-order valence-corrected chi connectivity index (χ4v) is 3.49. The Morgan fingerprint density at radius 3 is 2.89 bits per heavy atom. The van der Waals surface area contributed by atoms with Gasteiger partial charge >= 0.3 is 0 Å². The lowest BCUT2D eigenvalue weighted by Crippen LogP contribution is -2.39. The number of carbonyl (C=O) groups excluding carboxylic acids is 1. The minimum absolute atomic E-state index is 0.124. The second-order valence-electron chi connectivity index (χ2n) is 5.29. The Balaban J connectivity index is 1.77. The van der Waals surface area contributed by atoms with E-state index in [0.29, 0.717) is 12.6 Å². The summed E-state index contributed by atoms with van der Waals surface area (Å²) in [7, 11) is 0. The number of rotatable bonds is 7. The minimum Gasteiger partial charge on any atom is -0.347 e. The Labute approximate surface area is 119 Å². The Hall–Kier alpha value is -0.870. The van der Waals surface area contributed by atoms with Gasteiger partial charge in [0, 0.05) is 10.9 Å². The zero-order valence-electron chi connectivity index (χ0n) is 11.7. The van der Waals surface area contributed by atoms with Crippen LogP contribution in [0, 0.1) is 0 Å². The largest absolute Gasteiger partial charge is 0.347 e. The molecular weight excluding hydrogens is 256 g/mol. The first-order valence-corrected chi connectivity index (χ1v) is 8.23. The van der Waals surface area contributed by atoms with Gasteiger partial charge in [0.15, 0.2) is 0 Å². The molecule has 1 aromatic rings. The summed E-state index contributed by atoms with van der Waals surface area (Å²) in [4.78, 5) is 13.3. The van der Waals surface area contributed by atoms with E-state index in [2.05, 4.69) is 29.0 Å². The molecule has 1 atom stereocenters. The average Bonchev–Trinajstić information content (AvgIpc) is 3.09. The molecule has 1 heterocycles. The van der Waals surface area contributed by atoms with Crippen molar-refractivity contribution in [3.63, 3.8) is 0 Å². The third kappa shape index (κ3) is 4.62. The van der Waals surface area contributed by atoms with Crippen LogP contribution in [0.3, 0.4) is 0 Å². The molecule has 0 aliphatic heterocycles. The van der Waals surface area contributed by atoms with E-state index < -0.39 is 0 Å². The van der Waals surface area contributed by atoms with Gasteiger partial charge < -0.3 is 10.6 Å². The van der Waals surface area contributed by atoms with E-state index in [1.165, 1.54) is 30.6 Å². The smallest absolute Gasteiger partial charge is 0.234 e. The molecule has 19 heavy (non-hydrogen) atoms. The highest BCUT2D eigenvalue weighted by Gasteiger charge is 2.17. The molecule has 1 saturated carbocycles. The van der Waals surface area contributed by atoms with Crippen molar-refractivity contribution in [3.05, 3.63) is 22.4 Å². The molecule has 0 bridgehead atoms. The lowest BCUT2D eigenvalue weighted by molar-refractivity contribution is -0.121. The van der Waals surface area contributed by atoms with E-state index in [-0.39, 0.29) is 11.9 Å². The predicted octanol–water partition coefficient (Wildman–Crippen LogP) is 3.24. The minimum atomic E-state index is 0.124. The second-order valence-corrected chi connectivity index (χ2v) is 6.27. The van der Waals surface area contributed by atoms with Gasteiger partial charge in [0.2, 0.25) is 5.91 Å². The number of hydrogen-bond acceptors (Lipinski definition) is 3. The molecule has 0 spiro atoms. The number of hydrogen-bond donors (Lipinski definition) is 2. The molecule has 1 aromatic heterocycles. The maximum absolute atomic E-state index is 12.0. The van der Waals surface area contributed by atoms with E-state index in [1.54, 1.807) is 11.3 Å². The van der Waals surface area contributed by atoms with Crippen LogP contribution in [0.5, 0.6) is 0 Å². The van der Waals surface area contributed by atoms with Crippen LogP contribution in [0.4, 0.5) is 0 Å². The van der Waals surface area contributed by atoms with Gasteiger partial charge in [-0.3, -0.25) is 4.79 Å². The predicted molar refractivity (Wildman–Crippen MR) is 80.4 cm³/mol. The van der Waals surface area contributed by atoms with Crippen LogP contribution in [-0.4, -0.2) is 18.5 Å². The van der Waals surface area contributed by atoms with Crippen LogP contribution < -0.4 is 10.6 Å². The standard InChI is InChI=1S/C15H24N2OS/c1-2-6-13(14-9-5-10-19-14)17-15(18)11-16-12-7-3-4-8-12/h5,9-10,12-13,16H,2-4,6-8,11H2,1H3,(H,17,18). The average molecular weight is 280 g/mol. The third-order valence-corrected chi connectivity index (χ3v) is 4.69. The number of nitrogens with one attached hydrogen (secondary N) is 2. The van der Waals surface area contributed by atoms with Crippen molar-refractivity contribution < 1.29 is 4.79 Å². The molecule has 2 rings (SSSR count). The summed E-state index contributed by atoms with van der Waals surface area (Å²) in [5.41, 5.74) is 0. The monoisotopic (exact) mass is 280 g/mol. The van der Waals surface area contributed by atoms with E-state index >= 15 is 0 Å². The molecule has 0 aromatic carbocycles. The molecule has 3 nitrogen and oxygen atoms in total. The highest BCUT2D eigenvalue weighted by molar-refractivity contribution is 7.10. The van der Waals surface area contributed by atoms with Crippen LogP contribution in [0.2, 0.25) is 0 Å². The van der Waals surface area contributed by atoms with Gasteiger partial charge in [-0.1, -0.05) is 32.3 Å². The topological polar surface area (TPSA) is 41.1 Å². The van der Waals surface area contributed by atoms with Gasteiger partial charge in [-0.25, -0.2) is 0 Å². The summed E-state index contributed by atoms with van der Waals surface area (Å²) in [5, 5.41) is 8.59. The number of thiophene rings is 1. The first-order valence-electron chi connectivity index (χ1n) is 7.35. The Morgan fingerprint density at radius 2 is 2.26 bits per heavy atom. The second kappa shape index (κ2) is 7.65.